The lowest BCUT2D eigenvalue weighted by Crippen LogP contribution is -2.49. The molecule has 2 aromatic carbocycles. The third kappa shape index (κ3) is 4.80. The molecule has 0 spiro atoms. The first kappa shape index (κ1) is 19.9. The van der Waals surface area contributed by atoms with E-state index in [9.17, 15) is 4.79 Å². The minimum absolute atomic E-state index is 0.0630. The summed E-state index contributed by atoms with van der Waals surface area (Å²) in [6, 6.07) is 17.7. The minimum atomic E-state index is 0.0630. The van der Waals surface area contributed by atoms with Crippen molar-refractivity contribution >= 4 is 5.91 Å². The quantitative estimate of drug-likeness (QED) is 0.762. The Morgan fingerprint density at radius 2 is 1.52 bits per heavy atom. The number of nitrogens with zero attached hydrogens (tertiary/aromatic N) is 2. The van der Waals surface area contributed by atoms with E-state index >= 15 is 0 Å². The third-order valence-corrected chi connectivity index (χ3v) is 6.17. The maximum Gasteiger partial charge on any atom is 0.257 e. The number of carbonyl (C=O) groups excluding carboxylic acids is 1. The van der Waals surface area contributed by atoms with E-state index in [1.165, 1.54) is 0 Å². The Morgan fingerprint density at radius 3 is 2.21 bits per heavy atom. The van der Waals surface area contributed by atoms with Gasteiger partial charge >= 0.3 is 0 Å². The Balaban J connectivity index is 1.37. The van der Waals surface area contributed by atoms with Gasteiger partial charge in [-0.05, 0) is 49.9 Å². The number of rotatable bonds is 5. The zero-order chi connectivity index (χ0) is 20.1. The summed E-state index contributed by atoms with van der Waals surface area (Å²) in [6.07, 6.45) is 4.70. The van der Waals surface area contributed by atoms with Crippen LogP contribution in [0, 0.1) is 0 Å². The molecule has 2 aliphatic heterocycles. The molecule has 0 unspecified atom stereocenters. The van der Waals surface area contributed by atoms with E-state index < -0.39 is 0 Å². The van der Waals surface area contributed by atoms with Gasteiger partial charge in [0.1, 0.15) is 11.5 Å². The summed E-state index contributed by atoms with van der Waals surface area (Å²) in [5.74, 6) is 1.42. The monoisotopic (exact) mass is 394 g/mol. The highest BCUT2D eigenvalue weighted by molar-refractivity contribution is 5.97. The van der Waals surface area contributed by atoms with E-state index in [2.05, 4.69) is 4.90 Å². The van der Waals surface area contributed by atoms with Crippen molar-refractivity contribution in [2.45, 2.75) is 37.8 Å². The highest BCUT2D eigenvalue weighted by Crippen LogP contribution is 2.28. The lowest BCUT2D eigenvalue weighted by Gasteiger charge is -2.41. The van der Waals surface area contributed by atoms with E-state index in [-0.39, 0.29) is 5.91 Å². The van der Waals surface area contributed by atoms with Crippen LogP contribution in [0.15, 0.2) is 54.6 Å². The van der Waals surface area contributed by atoms with Crippen molar-refractivity contribution in [3.8, 4) is 11.5 Å². The Bertz CT molecular complexity index is 795. The number of likely N-dealkylation sites (tertiary alicyclic amines) is 2. The zero-order valence-corrected chi connectivity index (χ0v) is 17.1. The number of hydrogen-bond acceptors (Lipinski definition) is 4. The molecule has 5 nitrogen and oxygen atoms in total. The van der Waals surface area contributed by atoms with Crippen LogP contribution in [-0.2, 0) is 4.74 Å². The summed E-state index contributed by atoms with van der Waals surface area (Å²) < 4.78 is 11.5. The van der Waals surface area contributed by atoms with Gasteiger partial charge in [0, 0.05) is 39.3 Å². The molecule has 5 heteroatoms. The van der Waals surface area contributed by atoms with Gasteiger partial charge in [0.25, 0.3) is 5.91 Å². The Kier molecular flexibility index (Phi) is 6.47. The molecular formula is C24H30N2O3. The fourth-order valence-corrected chi connectivity index (χ4v) is 4.43. The van der Waals surface area contributed by atoms with Crippen molar-refractivity contribution in [2.24, 2.45) is 0 Å². The molecule has 0 saturated carbocycles. The van der Waals surface area contributed by atoms with Gasteiger partial charge in [0.2, 0.25) is 0 Å². The number of ether oxygens (including phenoxy) is 2. The number of carbonyl (C=O) groups is 1. The first-order chi connectivity index (χ1) is 14.2. The molecular weight excluding hydrogens is 364 g/mol. The van der Waals surface area contributed by atoms with Crippen molar-refractivity contribution < 1.29 is 14.3 Å². The zero-order valence-electron chi connectivity index (χ0n) is 17.1. The normalized spacial score (nSPS) is 19.3. The largest absolute Gasteiger partial charge is 0.457 e. The molecule has 0 atom stereocenters. The summed E-state index contributed by atoms with van der Waals surface area (Å²) in [7, 11) is 1.81. The molecule has 0 radical (unpaired) electrons. The number of para-hydroxylation sites is 2. The predicted molar refractivity (Wildman–Crippen MR) is 113 cm³/mol. The highest BCUT2D eigenvalue weighted by atomic mass is 16.5. The second kappa shape index (κ2) is 9.42. The van der Waals surface area contributed by atoms with Crippen LogP contribution < -0.4 is 4.74 Å². The van der Waals surface area contributed by atoms with Gasteiger partial charge in [-0.3, -0.25) is 4.79 Å². The van der Waals surface area contributed by atoms with Crippen molar-refractivity contribution in [1.29, 1.82) is 0 Å². The standard InChI is InChI=1S/C24H30N2O3/c1-28-20-13-17-25(18-14-20)19-11-15-26(16-12-19)24(27)22-9-5-6-10-23(22)29-21-7-3-2-4-8-21/h2-10,19-20H,11-18H2,1H3. The molecule has 29 heavy (non-hydrogen) atoms. The smallest absolute Gasteiger partial charge is 0.257 e. The average molecular weight is 395 g/mol. The van der Waals surface area contributed by atoms with Crippen LogP contribution in [-0.4, -0.2) is 61.1 Å². The summed E-state index contributed by atoms with van der Waals surface area (Å²) in [5.41, 5.74) is 0.635. The van der Waals surface area contributed by atoms with E-state index in [4.69, 9.17) is 9.47 Å². The van der Waals surface area contributed by atoms with Gasteiger partial charge in [-0.25, -0.2) is 0 Å². The van der Waals surface area contributed by atoms with Gasteiger partial charge < -0.3 is 19.3 Å². The number of amides is 1. The maximum absolute atomic E-state index is 13.2. The molecule has 4 rings (SSSR count). The van der Waals surface area contributed by atoms with Crippen molar-refractivity contribution in [3.63, 3.8) is 0 Å². The van der Waals surface area contributed by atoms with Gasteiger partial charge in [-0.2, -0.15) is 0 Å². The second-order valence-electron chi connectivity index (χ2n) is 7.91. The van der Waals surface area contributed by atoms with Crippen LogP contribution in [0.4, 0.5) is 0 Å². The van der Waals surface area contributed by atoms with Gasteiger partial charge in [0.15, 0.2) is 0 Å². The molecule has 2 heterocycles. The molecule has 154 valence electrons. The Labute approximate surface area is 173 Å². The van der Waals surface area contributed by atoms with Crippen LogP contribution in [0.2, 0.25) is 0 Å². The molecule has 1 amide bonds. The van der Waals surface area contributed by atoms with Crippen LogP contribution in [0.1, 0.15) is 36.0 Å². The number of hydrogen-bond donors (Lipinski definition) is 0. The fraction of sp³-hybridized carbons (Fsp3) is 0.458. The van der Waals surface area contributed by atoms with Crippen LogP contribution in [0.3, 0.4) is 0 Å². The molecule has 2 fully saturated rings. The number of benzene rings is 2. The van der Waals surface area contributed by atoms with E-state index in [1.54, 1.807) is 0 Å². The van der Waals surface area contributed by atoms with E-state index in [0.717, 1.165) is 57.6 Å². The van der Waals surface area contributed by atoms with E-state index in [0.29, 0.717) is 23.5 Å². The summed E-state index contributed by atoms with van der Waals surface area (Å²) >= 11 is 0. The average Bonchev–Trinajstić information content (AvgIpc) is 2.80. The summed E-state index contributed by atoms with van der Waals surface area (Å²) in [4.78, 5) is 17.8. The highest BCUT2D eigenvalue weighted by Gasteiger charge is 2.30. The number of piperidine rings is 2. The first-order valence-electron chi connectivity index (χ1n) is 10.6. The van der Waals surface area contributed by atoms with Crippen molar-refractivity contribution in [3.05, 3.63) is 60.2 Å². The Morgan fingerprint density at radius 1 is 0.862 bits per heavy atom. The maximum atomic E-state index is 13.2. The van der Waals surface area contributed by atoms with Gasteiger partial charge in [0.05, 0.1) is 11.7 Å². The first-order valence-corrected chi connectivity index (χ1v) is 10.6. The predicted octanol–water partition coefficient (Wildman–Crippen LogP) is 4.19. The molecule has 2 saturated heterocycles. The van der Waals surface area contributed by atoms with Crippen LogP contribution >= 0.6 is 0 Å². The number of methoxy groups -OCH3 is 1. The van der Waals surface area contributed by atoms with E-state index in [1.807, 2.05) is 66.6 Å². The Hall–Kier alpha value is -2.37. The summed E-state index contributed by atoms with van der Waals surface area (Å²) in [6.45, 7) is 3.80. The lowest BCUT2D eigenvalue weighted by molar-refractivity contribution is 0.0145. The van der Waals surface area contributed by atoms with Gasteiger partial charge in [-0.15, -0.1) is 0 Å². The van der Waals surface area contributed by atoms with Crippen LogP contribution in [0.5, 0.6) is 11.5 Å². The molecule has 0 aromatic heterocycles. The lowest BCUT2D eigenvalue weighted by atomic mass is 9.98. The van der Waals surface area contributed by atoms with Crippen molar-refractivity contribution in [1.82, 2.24) is 9.80 Å². The molecule has 0 bridgehead atoms. The molecule has 2 aromatic rings. The van der Waals surface area contributed by atoms with Gasteiger partial charge in [-0.1, -0.05) is 30.3 Å². The van der Waals surface area contributed by atoms with Crippen molar-refractivity contribution in [2.75, 3.05) is 33.3 Å². The molecule has 0 aliphatic carbocycles. The van der Waals surface area contributed by atoms with Crippen LogP contribution in [0.25, 0.3) is 0 Å². The third-order valence-electron chi connectivity index (χ3n) is 6.17. The fourth-order valence-electron chi connectivity index (χ4n) is 4.43. The second-order valence-corrected chi connectivity index (χ2v) is 7.91. The SMILES string of the molecule is COC1CCN(C2CCN(C(=O)c3ccccc3Oc3ccccc3)CC2)CC1. The molecule has 0 N–H and O–H groups in total. The molecule has 2 aliphatic rings. The topological polar surface area (TPSA) is 42.0 Å². The summed E-state index contributed by atoms with van der Waals surface area (Å²) in [5, 5.41) is 0. The minimum Gasteiger partial charge on any atom is -0.457 e.